The zero-order valence-electron chi connectivity index (χ0n) is 9.74. The van der Waals surface area contributed by atoms with Gasteiger partial charge in [-0.15, -0.1) is 0 Å². The highest BCUT2D eigenvalue weighted by Gasteiger charge is 2.00. The van der Waals surface area contributed by atoms with E-state index in [4.69, 9.17) is 4.74 Å². The number of methoxy groups -OCH3 is 1. The van der Waals surface area contributed by atoms with Crippen molar-refractivity contribution in [2.45, 2.75) is 20.8 Å². The lowest BCUT2D eigenvalue weighted by Crippen LogP contribution is -1.87. The van der Waals surface area contributed by atoms with Gasteiger partial charge in [-0.1, -0.05) is 25.5 Å². The van der Waals surface area contributed by atoms with Crippen LogP contribution in [0.1, 0.15) is 19.4 Å². The third kappa shape index (κ3) is 2.46. The molecule has 1 aromatic carbocycles. The number of pyridine rings is 1. The predicted octanol–water partition coefficient (Wildman–Crippen LogP) is 3.58. The summed E-state index contributed by atoms with van der Waals surface area (Å²) in [4.78, 5) is 4.25. The largest absolute Gasteiger partial charge is 0.496 e. The van der Waals surface area contributed by atoms with Crippen molar-refractivity contribution >= 4 is 10.9 Å². The van der Waals surface area contributed by atoms with E-state index in [2.05, 4.69) is 24.0 Å². The Labute approximate surface area is 90.9 Å². The monoisotopic (exact) mass is 203 g/mol. The van der Waals surface area contributed by atoms with Gasteiger partial charge < -0.3 is 4.74 Å². The fourth-order valence-electron chi connectivity index (χ4n) is 1.41. The number of aromatic nitrogens is 1. The van der Waals surface area contributed by atoms with Gasteiger partial charge in [-0.3, -0.25) is 4.98 Å². The second kappa shape index (κ2) is 5.35. The average molecular weight is 203 g/mol. The molecule has 0 radical (unpaired) electrons. The molecule has 2 rings (SSSR count). The van der Waals surface area contributed by atoms with Crippen molar-refractivity contribution in [1.82, 2.24) is 4.98 Å². The Balaban J connectivity index is 0.000000531. The summed E-state index contributed by atoms with van der Waals surface area (Å²) in [5, 5.41) is 1.07. The number of nitrogens with zero attached hydrogens (tertiary/aromatic N) is 1. The second-order valence-corrected chi connectivity index (χ2v) is 3.03. The fraction of sp³-hybridized carbons (Fsp3) is 0.308. The number of benzene rings is 1. The van der Waals surface area contributed by atoms with Crippen LogP contribution in [0.2, 0.25) is 0 Å². The van der Waals surface area contributed by atoms with Gasteiger partial charge in [0.25, 0.3) is 0 Å². The summed E-state index contributed by atoms with van der Waals surface area (Å²) in [5.74, 6) is 0.883. The topological polar surface area (TPSA) is 22.1 Å². The molecule has 0 N–H and O–H groups in total. The van der Waals surface area contributed by atoms with Crippen LogP contribution in [0.25, 0.3) is 10.9 Å². The van der Waals surface area contributed by atoms with Crippen LogP contribution in [0.15, 0.2) is 30.5 Å². The average Bonchev–Trinajstić information content (AvgIpc) is 2.31. The molecule has 0 aliphatic carbocycles. The lowest BCUT2D eigenvalue weighted by atomic mass is 10.1. The third-order valence-corrected chi connectivity index (χ3v) is 2.08. The lowest BCUT2D eigenvalue weighted by molar-refractivity contribution is 0.419. The summed E-state index contributed by atoms with van der Waals surface area (Å²) >= 11 is 0. The molecule has 0 atom stereocenters. The van der Waals surface area contributed by atoms with E-state index >= 15 is 0 Å². The lowest BCUT2D eigenvalue weighted by Gasteiger charge is -2.04. The molecular formula is C13H17NO. The summed E-state index contributed by atoms with van der Waals surface area (Å²) in [6.07, 6.45) is 1.76. The van der Waals surface area contributed by atoms with Crippen molar-refractivity contribution in [2.24, 2.45) is 0 Å². The van der Waals surface area contributed by atoms with E-state index in [-0.39, 0.29) is 0 Å². The Kier molecular flexibility index (Phi) is 4.10. The Hall–Kier alpha value is -1.57. The highest BCUT2D eigenvalue weighted by atomic mass is 16.5. The Bertz CT molecular complexity index is 437. The van der Waals surface area contributed by atoms with Gasteiger partial charge >= 0.3 is 0 Å². The van der Waals surface area contributed by atoms with Crippen LogP contribution >= 0.6 is 0 Å². The summed E-state index contributed by atoms with van der Waals surface area (Å²) in [5.41, 5.74) is 2.20. The van der Waals surface area contributed by atoms with Crippen LogP contribution < -0.4 is 4.74 Å². The Morgan fingerprint density at radius 2 is 1.87 bits per heavy atom. The van der Waals surface area contributed by atoms with E-state index in [1.54, 1.807) is 13.3 Å². The van der Waals surface area contributed by atoms with Crippen LogP contribution in [0.4, 0.5) is 0 Å². The van der Waals surface area contributed by atoms with Crippen molar-refractivity contribution in [3.8, 4) is 5.75 Å². The predicted molar refractivity (Wildman–Crippen MR) is 64.4 cm³/mol. The van der Waals surface area contributed by atoms with Crippen LogP contribution in [0.3, 0.4) is 0 Å². The van der Waals surface area contributed by atoms with Crippen LogP contribution in [0, 0.1) is 6.92 Å². The maximum absolute atomic E-state index is 5.24. The molecule has 0 aliphatic rings. The summed E-state index contributed by atoms with van der Waals surface area (Å²) in [7, 11) is 1.68. The molecule has 1 aromatic heterocycles. The van der Waals surface area contributed by atoms with Crippen LogP contribution in [-0.4, -0.2) is 12.1 Å². The quantitative estimate of drug-likeness (QED) is 0.706. The molecule has 0 unspecified atom stereocenters. The molecule has 0 aliphatic heterocycles. The van der Waals surface area contributed by atoms with Gasteiger partial charge in [0.1, 0.15) is 5.75 Å². The van der Waals surface area contributed by atoms with Crippen LogP contribution in [-0.2, 0) is 0 Å². The van der Waals surface area contributed by atoms with Gasteiger partial charge in [0.05, 0.1) is 12.6 Å². The normalized spacial score (nSPS) is 9.33. The molecule has 80 valence electrons. The second-order valence-electron chi connectivity index (χ2n) is 3.03. The van der Waals surface area contributed by atoms with Crippen molar-refractivity contribution in [1.29, 1.82) is 0 Å². The number of hydrogen-bond acceptors (Lipinski definition) is 2. The molecule has 1 heterocycles. The number of fused-ring (bicyclic) bond motifs is 1. The van der Waals surface area contributed by atoms with Crippen molar-refractivity contribution in [2.75, 3.05) is 7.11 Å². The fourth-order valence-corrected chi connectivity index (χ4v) is 1.41. The third-order valence-electron chi connectivity index (χ3n) is 2.08. The zero-order valence-corrected chi connectivity index (χ0v) is 9.74. The van der Waals surface area contributed by atoms with Gasteiger partial charge in [-0.05, 0) is 25.1 Å². The van der Waals surface area contributed by atoms with Crippen LogP contribution in [0.5, 0.6) is 5.75 Å². The van der Waals surface area contributed by atoms with Gasteiger partial charge in [-0.25, -0.2) is 0 Å². The molecular weight excluding hydrogens is 186 g/mol. The summed E-state index contributed by atoms with van der Waals surface area (Å²) < 4.78 is 5.24. The molecule has 15 heavy (non-hydrogen) atoms. The standard InChI is InChI=1S/C11H11NO.C2H6/c1-8-3-4-10-9(7-8)11(13-2)5-6-12-10;1-2/h3-7H,1-2H3;1-2H3. The van der Waals surface area contributed by atoms with Gasteiger partial charge in [-0.2, -0.15) is 0 Å². The van der Waals surface area contributed by atoms with Gasteiger partial charge in [0, 0.05) is 11.6 Å². The minimum Gasteiger partial charge on any atom is -0.496 e. The molecule has 2 nitrogen and oxygen atoms in total. The van der Waals surface area contributed by atoms with Gasteiger partial charge in [0.15, 0.2) is 0 Å². The number of aryl methyl sites for hydroxylation is 1. The van der Waals surface area contributed by atoms with Gasteiger partial charge in [0.2, 0.25) is 0 Å². The number of hydrogen-bond donors (Lipinski definition) is 0. The highest BCUT2D eigenvalue weighted by molar-refractivity contribution is 5.85. The molecule has 0 spiro atoms. The van der Waals surface area contributed by atoms with E-state index in [9.17, 15) is 0 Å². The maximum Gasteiger partial charge on any atom is 0.129 e. The molecule has 0 amide bonds. The molecule has 2 aromatic rings. The first-order chi connectivity index (χ1) is 7.31. The van der Waals surface area contributed by atoms with Crippen molar-refractivity contribution in [3.63, 3.8) is 0 Å². The van der Waals surface area contributed by atoms with E-state index in [1.807, 2.05) is 26.0 Å². The first-order valence-electron chi connectivity index (χ1n) is 5.20. The Morgan fingerprint density at radius 1 is 1.13 bits per heavy atom. The van der Waals surface area contributed by atoms with E-state index in [0.717, 1.165) is 16.7 Å². The van der Waals surface area contributed by atoms with E-state index < -0.39 is 0 Å². The zero-order chi connectivity index (χ0) is 11.3. The molecule has 0 saturated heterocycles. The summed E-state index contributed by atoms with van der Waals surface area (Å²) in [6, 6.07) is 8.02. The summed E-state index contributed by atoms with van der Waals surface area (Å²) in [6.45, 7) is 6.06. The highest BCUT2D eigenvalue weighted by Crippen LogP contribution is 2.23. The maximum atomic E-state index is 5.24. The number of rotatable bonds is 1. The van der Waals surface area contributed by atoms with Crippen molar-refractivity contribution < 1.29 is 4.74 Å². The molecule has 0 bridgehead atoms. The minimum atomic E-state index is 0.883. The molecule has 0 saturated carbocycles. The minimum absolute atomic E-state index is 0.883. The first kappa shape index (κ1) is 11.5. The first-order valence-corrected chi connectivity index (χ1v) is 5.20. The molecule has 0 fully saturated rings. The van der Waals surface area contributed by atoms with E-state index in [0.29, 0.717) is 0 Å². The van der Waals surface area contributed by atoms with E-state index in [1.165, 1.54) is 5.56 Å². The van der Waals surface area contributed by atoms with Crippen molar-refractivity contribution in [3.05, 3.63) is 36.0 Å². The molecule has 2 heteroatoms. The number of ether oxygens (including phenoxy) is 1. The Morgan fingerprint density at radius 3 is 2.53 bits per heavy atom. The SMILES string of the molecule is CC.COc1ccnc2ccc(C)cc12. The smallest absolute Gasteiger partial charge is 0.129 e.